The molecule has 4 aromatic rings. The summed E-state index contributed by atoms with van der Waals surface area (Å²) < 4.78 is 6.08. The Hall–Kier alpha value is -4.50. The van der Waals surface area contributed by atoms with Gasteiger partial charge in [-0.1, -0.05) is 109 Å². The third kappa shape index (κ3) is 8.37. The normalized spacial score (nSPS) is 28.7. The van der Waals surface area contributed by atoms with E-state index in [0.29, 0.717) is 18.4 Å². The van der Waals surface area contributed by atoms with Gasteiger partial charge < -0.3 is 19.6 Å². The van der Waals surface area contributed by atoms with E-state index in [1.807, 2.05) is 46.2 Å². The summed E-state index contributed by atoms with van der Waals surface area (Å²) in [7, 11) is 0. The number of piperidine rings is 6. The average Bonchev–Trinajstić information content (AvgIpc) is 3.24. The summed E-state index contributed by atoms with van der Waals surface area (Å²) in [5.41, 5.74) is 7.50. The van der Waals surface area contributed by atoms with Crippen molar-refractivity contribution in [3.05, 3.63) is 143 Å². The van der Waals surface area contributed by atoms with Gasteiger partial charge in [0.25, 0.3) is 0 Å². The van der Waals surface area contributed by atoms with E-state index in [2.05, 4.69) is 82.6 Å². The molecule has 4 bridgehead atoms. The Labute approximate surface area is 326 Å². The van der Waals surface area contributed by atoms with Gasteiger partial charge in [0.2, 0.25) is 5.91 Å². The van der Waals surface area contributed by atoms with Crippen LogP contribution in [0.5, 0.6) is 0 Å². The van der Waals surface area contributed by atoms with Crippen molar-refractivity contribution in [2.24, 2.45) is 11.8 Å². The average molecular weight is 741 g/mol. The summed E-state index contributed by atoms with van der Waals surface area (Å²) in [6.07, 6.45) is 6.47. The van der Waals surface area contributed by atoms with E-state index in [4.69, 9.17) is 4.74 Å². The van der Waals surface area contributed by atoms with Gasteiger partial charge in [-0.2, -0.15) is 0 Å². The maximum Gasteiger partial charge on any atom is 0.410 e. The predicted molar refractivity (Wildman–Crippen MR) is 216 cm³/mol. The molecule has 8 aliphatic rings. The number of aliphatic hydroxyl groups excluding tert-OH is 1. The summed E-state index contributed by atoms with van der Waals surface area (Å²) in [5.74, 6) is 1.31. The van der Waals surface area contributed by atoms with Gasteiger partial charge >= 0.3 is 6.09 Å². The molecule has 6 saturated heterocycles. The lowest BCUT2D eigenvalue weighted by molar-refractivity contribution is -0.130. The van der Waals surface area contributed by atoms with Gasteiger partial charge in [-0.05, 0) is 110 Å². The first-order valence-electron chi connectivity index (χ1n) is 20.6. The molecule has 4 aromatic carbocycles. The quantitative estimate of drug-likeness (QED) is 0.241. The van der Waals surface area contributed by atoms with Gasteiger partial charge in [0.15, 0.2) is 0 Å². The highest BCUT2D eigenvalue weighted by atomic mass is 16.6. The first-order valence-corrected chi connectivity index (χ1v) is 20.6. The molecule has 8 heterocycles. The topological polar surface area (TPSA) is 76.6 Å². The number of fused-ring (bicyclic) bond motifs is 8. The number of aliphatic hydroxyl groups is 1. The lowest BCUT2D eigenvalue weighted by atomic mass is 9.86. The van der Waals surface area contributed by atoms with Crippen LogP contribution < -0.4 is 0 Å². The summed E-state index contributed by atoms with van der Waals surface area (Å²) in [4.78, 5) is 33.8. The Bertz CT molecular complexity index is 1890. The number of nitrogens with zero attached hydrogens (tertiary/aromatic N) is 4. The number of carbonyl (C=O) groups excluding carboxylic acids is 2. The third-order valence-corrected chi connectivity index (χ3v) is 12.9. The van der Waals surface area contributed by atoms with Crippen LogP contribution in [0.4, 0.5) is 4.79 Å². The third-order valence-electron chi connectivity index (χ3n) is 12.9. The summed E-state index contributed by atoms with van der Waals surface area (Å²) in [5, 5.41) is 9.36. The molecule has 1 N–H and O–H groups in total. The Morgan fingerprint density at radius 3 is 1.45 bits per heavy atom. The van der Waals surface area contributed by atoms with Crippen LogP contribution >= 0.6 is 0 Å². The van der Waals surface area contributed by atoms with E-state index in [1.54, 1.807) is 6.92 Å². The fraction of sp³-hybridized carbons (Fsp3) is 0.447. The minimum Gasteiger partial charge on any atom is -0.444 e. The molecular formula is C47H56N4O4. The van der Waals surface area contributed by atoms with Gasteiger partial charge in [-0.15, -0.1) is 0 Å². The zero-order valence-electron chi connectivity index (χ0n) is 32.2. The van der Waals surface area contributed by atoms with Crippen LogP contribution in [0.2, 0.25) is 0 Å². The molecule has 0 spiro atoms. The van der Waals surface area contributed by atoms with Crippen molar-refractivity contribution >= 4 is 12.0 Å². The van der Waals surface area contributed by atoms with Crippen LogP contribution in [-0.2, 0) is 22.4 Å². The second-order valence-corrected chi connectivity index (χ2v) is 16.2. The standard InChI is InChI=1S/C23H26N2O2.C17H17NO.C7H13NO/c26-23(27-21-16-24-13-10-18(21)11-14-24)25-15-12-17-6-4-5-9-20(17)22(25)19-7-2-1-3-8-19;1-13(19)18-12-11-14-7-5-6-10-16(14)17(18)15-8-3-2-4-9-15;9-7-5-8-3-1-6(7)2-4-8/h1-9,18,21-22H,10-16H2;2-10,17H,11-12H2,1H3;6-7,9H,1-5H2/t21-,22-;17-;7-/m000/s1. The van der Waals surface area contributed by atoms with Crippen molar-refractivity contribution in [3.63, 3.8) is 0 Å². The van der Waals surface area contributed by atoms with Gasteiger partial charge in [0, 0.05) is 33.1 Å². The number of benzene rings is 4. The molecule has 8 aliphatic heterocycles. The van der Waals surface area contributed by atoms with Gasteiger partial charge in [0.1, 0.15) is 6.10 Å². The maximum absolute atomic E-state index is 13.2. The summed E-state index contributed by atoms with van der Waals surface area (Å²) in [6.45, 7) is 9.75. The second-order valence-electron chi connectivity index (χ2n) is 16.2. The molecule has 288 valence electrons. The molecular weight excluding hydrogens is 685 g/mol. The first-order chi connectivity index (χ1) is 26.9. The van der Waals surface area contributed by atoms with Crippen molar-refractivity contribution < 1.29 is 19.4 Å². The number of ether oxygens (including phenoxy) is 1. The Morgan fingerprint density at radius 1 is 0.564 bits per heavy atom. The highest BCUT2D eigenvalue weighted by Gasteiger charge is 2.40. The second kappa shape index (κ2) is 17.1. The Balaban J connectivity index is 0.000000131. The van der Waals surface area contributed by atoms with E-state index < -0.39 is 0 Å². The van der Waals surface area contributed by atoms with E-state index in [1.165, 1.54) is 53.7 Å². The SMILES string of the molecule is CC(=O)N1CCc2ccccc2[C@@H]1c1ccccc1.O=C(O[C@H]1CN2CCC1CC2)N1CCc2ccccc2[C@@H]1c1ccccc1.O[C@H]1CN2CCC1CC2. The molecule has 4 atom stereocenters. The zero-order valence-corrected chi connectivity index (χ0v) is 32.2. The summed E-state index contributed by atoms with van der Waals surface area (Å²) >= 11 is 0. The van der Waals surface area contributed by atoms with E-state index in [-0.39, 0.29) is 36.3 Å². The molecule has 0 radical (unpaired) electrons. The molecule has 8 heteroatoms. The van der Waals surface area contributed by atoms with Crippen LogP contribution in [0, 0.1) is 11.8 Å². The van der Waals surface area contributed by atoms with Crippen molar-refractivity contribution in [2.75, 3.05) is 52.4 Å². The van der Waals surface area contributed by atoms with Gasteiger partial charge in [-0.25, -0.2) is 4.79 Å². The number of rotatable bonds is 3. The molecule has 2 amide bonds. The number of hydrogen-bond acceptors (Lipinski definition) is 6. The number of amides is 2. The van der Waals surface area contributed by atoms with Crippen molar-refractivity contribution in [1.29, 1.82) is 0 Å². The highest BCUT2D eigenvalue weighted by Crippen LogP contribution is 2.38. The number of carbonyl (C=O) groups is 2. The van der Waals surface area contributed by atoms with Crippen LogP contribution in [-0.4, -0.2) is 101 Å². The van der Waals surface area contributed by atoms with Crippen molar-refractivity contribution in [3.8, 4) is 0 Å². The minimum absolute atomic E-state index is 0.00694. The molecule has 8 nitrogen and oxygen atoms in total. The summed E-state index contributed by atoms with van der Waals surface area (Å²) in [6, 6.07) is 37.5. The molecule has 0 aromatic heterocycles. The maximum atomic E-state index is 13.2. The predicted octanol–water partition coefficient (Wildman–Crippen LogP) is 7.12. The largest absolute Gasteiger partial charge is 0.444 e. The monoisotopic (exact) mass is 740 g/mol. The zero-order chi connectivity index (χ0) is 37.7. The molecule has 0 saturated carbocycles. The van der Waals surface area contributed by atoms with Crippen molar-refractivity contribution in [2.45, 2.75) is 69.7 Å². The van der Waals surface area contributed by atoms with E-state index in [9.17, 15) is 14.7 Å². The highest BCUT2D eigenvalue weighted by molar-refractivity contribution is 5.75. The first kappa shape index (κ1) is 37.4. The van der Waals surface area contributed by atoms with Crippen LogP contribution in [0.25, 0.3) is 0 Å². The lowest BCUT2D eigenvalue weighted by Crippen LogP contribution is -2.53. The smallest absolute Gasteiger partial charge is 0.410 e. The van der Waals surface area contributed by atoms with Crippen LogP contribution in [0.1, 0.15) is 78.1 Å². The Morgan fingerprint density at radius 2 is 1.02 bits per heavy atom. The minimum atomic E-state index is -0.155. The fourth-order valence-electron chi connectivity index (χ4n) is 9.83. The fourth-order valence-corrected chi connectivity index (χ4v) is 9.83. The van der Waals surface area contributed by atoms with Gasteiger partial charge in [0.05, 0.1) is 18.2 Å². The van der Waals surface area contributed by atoms with Crippen molar-refractivity contribution in [1.82, 2.24) is 19.6 Å². The van der Waals surface area contributed by atoms with Crippen LogP contribution in [0.3, 0.4) is 0 Å². The molecule has 55 heavy (non-hydrogen) atoms. The molecule has 0 aliphatic carbocycles. The number of hydrogen-bond donors (Lipinski definition) is 1. The lowest BCUT2D eigenvalue weighted by Gasteiger charge is -2.45. The van der Waals surface area contributed by atoms with Gasteiger partial charge in [-0.3, -0.25) is 14.6 Å². The Kier molecular flexibility index (Phi) is 11.6. The molecule has 0 unspecified atom stereocenters. The van der Waals surface area contributed by atoms with Crippen LogP contribution in [0.15, 0.2) is 109 Å². The van der Waals surface area contributed by atoms with E-state index >= 15 is 0 Å². The molecule has 12 rings (SSSR count). The van der Waals surface area contributed by atoms with E-state index in [0.717, 1.165) is 64.0 Å². The molecule has 6 fully saturated rings.